The van der Waals surface area contributed by atoms with Gasteiger partial charge in [-0.2, -0.15) is 0 Å². The SMILES string of the molecule is CCN1C(=O)N(CC2(CC)COCOC2)CC12CC1CCC(C2)N1CC[C@H](NC(=O)C1CCC(F)(F)CC1)c1ccccc1. The van der Waals surface area contributed by atoms with Crippen LogP contribution in [0.2, 0.25) is 0 Å². The lowest BCUT2D eigenvalue weighted by atomic mass is 9.81. The fourth-order valence-electron chi connectivity index (χ4n) is 8.91. The lowest BCUT2D eigenvalue weighted by Gasteiger charge is -2.48. The van der Waals surface area contributed by atoms with Gasteiger partial charge in [0, 0.05) is 62.4 Å². The minimum atomic E-state index is -2.65. The lowest BCUT2D eigenvalue weighted by molar-refractivity contribution is -0.169. The van der Waals surface area contributed by atoms with Gasteiger partial charge in [0.1, 0.15) is 6.79 Å². The summed E-state index contributed by atoms with van der Waals surface area (Å²) in [6, 6.07) is 10.8. The molecule has 3 amide bonds. The van der Waals surface area contributed by atoms with Gasteiger partial charge >= 0.3 is 6.03 Å². The summed E-state index contributed by atoms with van der Waals surface area (Å²) in [5.41, 5.74) is 0.737. The van der Waals surface area contributed by atoms with Crippen LogP contribution in [0.3, 0.4) is 0 Å². The fraction of sp³-hybridized carbons (Fsp3) is 0.765. The summed E-state index contributed by atoms with van der Waals surface area (Å²) in [7, 11) is 0. The van der Waals surface area contributed by atoms with Crippen LogP contribution >= 0.6 is 0 Å². The van der Waals surface area contributed by atoms with Crippen molar-refractivity contribution in [1.29, 1.82) is 0 Å². The molecule has 0 radical (unpaired) electrons. The smallest absolute Gasteiger partial charge is 0.320 e. The van der Waals surface area contributed by atoms with E-state index in [-0.39, 0.29) is 60.5 Å². The minimum absolute atomic E-state index is 0.100. The number of ether oxygens (including phenoxy) is 2. The van der Waals surface area contributed by atoms with E-state index >= 15 is 0 Å². The first-order valence-corrected chi connectivity index (χ1v) is 16.9. The summed E-state index contributed by atoms with van der Waals surface area (Å²) in [6.07, 6.45) is 5.89. The molecule has 1 aromatic rings. The second kappa shape index (κ2) is 12.8. The summed E-state index contributed by atoms with van der Waals surface area (Å²) >= 11 is 0. The highest BCUT2D eigenvalue weighted by Crippen LogP contribution is 2.47. The van der Waals surface area contributed by atoms with Gasteiger partial charge < -0.3 is 24.6 Å². The topological polar surface area (TPSA) is 74.4 Å². The molecular weight excluding hydrogens is 566 g/mol. The van der Waals surface area contributed by atoms with Crippen molar-refractivity contribution in [2.75, 3.05) is 46.2 Å². The van der Waals surface area contributed by atoms with Crippen LogP contribution in [-0.2, 0) is 14.3 Å². The average molecular weight is 617 g/mol. The molecular formula is C34H50F2N4O4. The second-order valence-electron chi connectivity index (χ2n) is 14.2. The first kappa shape index (κ1) is 31.7. The number of benzene rings is 1. The highest BCUT2D eigenvalue weighted by molar-refractivity contribution is 5.79. The van der Waals surface area contributed by atoms with Crippen LogP contribution in [0.4, 0.5) is 13.6 Å². The normalized spacial score (nSPS) is 31.0. The number of fused-ring (bicyclic) bond motifs is 2. The third-order valence-electron chi connectivity index (χ3n) is 11.4. The molecule has 1 spiro atoms. The number of likely N-dealkylation sites (N-methyl/N-ethyl adjacent to an activating group) is 1. The average Bonchev–Trinajstić information content (AvgIpc) is 3.42. The number of halogens is 2. The zero-order valence-electron chi connectivity index (χ0n) is 26.4. The molecule has 5 aliphatic rings. The van der Waals surface area contributed by atoms with Crippen LogP contribution in [0.25, 0.3) is 0 Å². The van der Waals surface area contributed by atoms with E-state index in [1.807, 2.05) is 30.3 Å². The van der Waals surface area contributed by atoms with E-state index < -0.39 is 5.92 Å². The van der Waals surface area contributed by atoms with Crippen molar-refractivity contribution in [3.8, 4) is 0 Å². The van der Waals surface area contributed by atoms with Gasteiger partial charge in [0.25, 0.3) is 0 Å². The number of hydrogen-bond donors (Lipinski definition) is 1. The van der Waals surface area contributed by atoms with E-state index in [4.69, 9.17) is 9.47 Å². The first-order valence-electron chi connectivity index (χ1n) is 16.9. The summed E-state index contributed by atoms with van der Waals surface area (Å²) in [6.45, 7) is 8.80. The molecule has 0 aromatic heterocycles. The van der Waals surface area contributed by atoms with Crippen molar-refractivity contribution < 1.29 is 27.8 Å². The Morgan fingerprint density at radius 2 is 1.68 bits per heavy atom. The molecule has 3 atom stereocenters. The second-order valence-corrected chi connectivity index (χ2v) is 14.2. The van der Waals surface area contributed by atoms with Crippen LogP contribution in [0.1, 0.15) is 89.7 Å². The molecule has 5 fully saturated rings. The number of alkyl halides is 2. The molecule has 244 valence electrons. The highest BCUT2D eigenvalue weighted by atomic mass is 19.3. The number of nitrogens with one attached hydrogen (secondary N) is 1. The molecule has 10 heteroatoms. The maximum atomic E-state index is 13.8. The molecule has 1 saturated carbocycles. The van der Waals surface area contributed by atoms with E-state index in [0.29, 0.717) is 45.2 Å². The highest BCUT2D eigenvalue weighted by Gasteiger charge is 2.57. The van der Waals surface area contributed by atoms with E-state index in [1.165, 1.54) is 0 Å². The molecule has 8 nitrogen and oxygen atoms in total. The molecule has 4 aliphatic heterocycles. The van der Waals surface area contributed by atoms with Crippen LogP contribution in [0.5, 0.6) is 0 Å². The predicted octanol–water partition coefficient (Wildman–Crippen LogP) is 5.58. The number of urea groups is 1. The Morgan fingerprint density at radius 3 is 2.30 bits per heavy atom. The molecule has 1 aromatic carbocycles. The van der Waals surface area contributed by atoms with Crippen molar-refractivity contribution in [2.24, 2.45) is 11.3 Å². The maximum absolute atomic E-state index is 13.8. The van der Waals surface area contributed by atoms with Gasteiger partial charge in [-0.3, -0.25) is 9.69 Å². The monoisotopic (exact) mass is 616 g/mol. The van der Waals surface area contributed by atoms with Crippen molar-refractivity contribution >= 4 is 11.9 Å². The Kier molecular flexibility index (Phi) is 9.24. The van der Waals surface area contributed by atoms with E-state index in [9.17, 15) is 18.4 Å². The van der Waals surface area contributed by atoms with Gasteiger partial charge in [-0.05, 0) is 63.9 Å². The van der Waals surface area contributed by atoms with Gasteiger partial charge in [-0.1, -0.05) is 37.3 Å². The number of carbonyl (C=O) groups is 2. The summed E-state index contributed by atoms with van der Waals surface area (Å²) < 4.78 is 38.8. The number of hydrogen-bond acceptors (Lipinski definition) is 5. The Morgan fingerprint density at radius 1 is 1.02 bits per heavy atom. The molecule has 2 unspecified atom stereocenters. The lowest BCUT2D eigenvalue weighted by Crippen LogP contribution is -2.58. The first-order chi connectivity index (χ1) is 21.2. The molecule has 4 saturated heterocycles. The van der Waals surface area contributed by atoms with Gasteiger partial charge in [0.2, 0.25) is 11.8 Å². The van der Waals surface area contributed by atoms with Gasteiger partial charge in [-0.15, -0.1) is 0 Å². The Labute approximate surface area is 260 Å². The van der Waals surface area contributed by atoms with E-state index in [0.717, 1.165) is 57.2 Å². The predicted molar refractivity (Wildman–Crippen MR) is 163 cm³/mol. The Balaban J connectivity index is 1.11. The Hall–Kier alpha value is -2.30. The molecule has 4 heterocycles. The van der Waals surface area contributed by atoms with Crippen LogP contribution in [0.15, 0.2) is 30.3 Å². The maximum Gasteiger partial charge on any atom is 0.320 e. The molecule has 2 bridgehead atoms. The van der Waals surface area contributed by atoms with Crippen LogP contribution in [-0.4, -0.2) is 96.4 Å². The Bertz CT molecular complexity index is 1140. The van der Waals surface area contributed by atoms with Crippen LogP contribution < -0.4 is 5.32 Å². The number of carbonyl (C=O) groups excluding carboxylic acids is 2. The molecule has 6 rings (SSSR count). The van der Waals surface area contributed by atoms with Crippen molar-refractivity contribution in [2.45, 2.75) is 108 Å². The number of piperidine rings is 1. The zero-order chi connectivity index (χ0) is 31.0. The van der Waals surface area contributed by atoms with Crippen molar-refractivity contribution in [3.05, 3.63) is 35.9 Å². The van der Waals surface area contributed by atoms with E-state index in [2.05, 4.69) is 33.9 Å². The third-order valence-corrected chi connectivity index (χ3v) is 11.4. The molecule has 1 aliphatic carbocycles. The van der Waals surface area contributed by atoms with Crippen LogP contribution in [0, 0.1) is 11.3 Å². The summed E-state index contributed by atoms with van der Waals surface area (Å²) in [4.78, 5) is 33.9. The van der Waals surface area contributed by atoms with Crippen molar-refractivity contribution in [3.63, 3.8) is 0 Å². The summed E-state index contributed by atoms with van der Waals surface area (Å²) in [5.74, 6) is -3.10. The zero-order valence-corrected chi connectivity index (χ0v) is 26.4. The standard InChI is InChI=1S/C34H50F2N4O4/c1-3-32(22-43-24-44-23-32)20-38-21-33(40(4-2)31(38)42)18-27-10-11-28(19-33)39(27)17-14-29(25-8-6-5-7-9-25)37-30(41)26-12-15-34(35,36)16-13-26/h5-9,26-29H,3-4,10-24H2,1-2H3,(H,37,41)/t27?,28?,29-,33?/m0/s1. The quantitative estimate of drug-likeness (QED) is 0.372. The van der Waals surface area contributed by atoms with Gasteiger partial charge in [0.05, 0.1) is 24.8 Å². The van der Waals surface area contributed by atoms with E-state index in [1.54, 1.807) is 0 Å². The van der Waals surface area contributed by atoms with Gasteiger partial charge in [0.15, 0.2) is 0 Å². The molecule has 44 heavy (non-hydrogen) atoms. The third kappa shape index (κ3) is 6.36. The number of amides is 3. The van der Waals surface area contributed by atoms with Crippen molar-refractivity contribution in [1.82, 2.24) is 20.0 Å². The fourth-order valence-corrected chi connectivity index (χ4v) is 8.91. The van der Waals surface area contributed by atoms with Gasteiger partial charge in [-0.25, -0.2) is 13.6 Å². The number of nitrogens with zero attached hydrogens (tertiary/aromatic N) is 3. The minimum Gasteiger partial charge on any atom is -0.355 e. The molecule has 1 N–H and O–H groups in total. The summed E-state index contributed by atoms with van der Waals surface area (Å²) in [5, 5.41) is 3.25. The number of rotatable bonds is 10. The largest absolute Gasteiger partial charge is 0.355 e.